The number of fused-ring (bicyclic) bond motifs is 7. The standard InChI is InChI=1S/C74H110O35/c1-31-54(104-43(80)16-11-33-9-12-34(96-8)13-10-33)52(89)57(107-63-53(90)56(106-65-58(91)74(95,29-78)30-98-65)55(32(2)99-63)105-60-49(86)46(83)40(27-97-60)103-61-50(87)47(84)44(81)38(25-75)101-61)64(100-31)109-67(94)72-20-19-68(3,4)23-36(72)35-14-15-41-69(5)24-37(79)59(108-62-51(88)48(85)45(82)39(26-76)102-62)71(7,66(92)93)42(69)17-18-70(41,6)73(35,28-77)22-21-72/h9-14,16,31-32,36-42,44-65,75-79,81-91,95H,15,17-30H2,1-8H3,(H,92,93)/b16-11+/t31-,32+,36+,37+,38-,39-,40-,41?,42?,44+,45-,46+,47+,48+,49-,50-,51-,52+,53-,54+,55+,56+,57-,58-,59+,60+,61+,62+,63+,64+,65-,69-,70-,71+,72+,73+,74+/m1/s1. The summed E-state index contributed by atoms with van der Waals surface area (Å²) in [5, 5.41) is 201. The lowest BCUT2D eigenvalue weighted by molar-refractivity contribution is -0.388. The highest BCUT2D eigenvalue weighted by molar-refractivity contribution is 5.87. The van der Waals surface area contributed by atoms with Gasteiger partial charge in [0, 0.05) is 11.5 Å². The maximum Gasteiger partial charge on any atom is 0.331 e. The molecule has 1 aromatic rings. The Morgan fingerprint density at radius 3 is 1.76 bits per heavy atom. The Labute approximate surface area is 628 Å². The second-order valence-corrected chi connectivity index (χ2v) is 33.4. The topological polar surface area (TPSA) is 545 Å². The number of carbonyl (C=O) groups is 3. The number of aliphatic carboxylic acids is 1. The highest BCUT2D eigenvalue weighted by atomic mass is 16.8. The molecular weight excluding hydrogens is 1450 g/mol. The maximum atomic E-state index is 16.2. The molecule has 35 nitrogen and oxygen atoms in total. The van der Waals surface area contributed by atoms with Crippen LogP contribution in [0.15, 0.2) is 42.0 Å². The van der Waals surface area contributed by atoms with E-state index in [-0.39, 0.29) is 32.1 Å². The molecule has 0 bridgehead atoms. The maximum absolute atomic E-state index is 16.2. The molecule has 37 atom stereocenters. The average molecular weight is 1560 g/mol. The molecule has 12 rings (SSSR count). The van der Waals surface area contributed by atoms with Crippen molar-refractivity contribution in [1.82, 2.24) is 0 Å². The number of aliphatic hydroxyl groups is 17. The summed E-state index contributed by atoms with van der Waals surface area (Å²) >= 11 is 0. The van der Waals surface area contributed by atoms with Gasteiger partial charge in [0.15, 0.2) is 43.7 Å². The van der Waals surface area contributed by atoms with Crippen LogP contribution in [0.1, 0.15) is 112 Å². The SMILES string of the molecule is COc1ccc(/C=C/C(=O)O[C@@H]2[C@H](O)[C@@H](O[C@@H]3O[C@@H](C)[C@H](O[C@@H]4OC[C@@H](O[C@@H]5O[C@H](CO)[C@H](O)[C@H](O)[C@H]5O)[C@H](O)[C@H]4O)[C@@H](O[C@H]4OC[C@@](O)(CO)[C@@H]4O)[C@H]3O)[C@H](OC(=O)[C@]34CCC(C)(C)C[C@H]3C3=CCC5[C@@]6(C)C[C@H](O)[C@H](O[C@@H]7O[C@H](CO)[C@@H](O)[C@H](O)[C@H]7O)[C@@](C)(C(=O)O)C6CC[C@@]5(C)[C@]3(CO)CC4)O[C@@H]2C)cc1. The Balaban J connectivity index is 0.837. The van der Waals surface area contributed by atoms with E-state index >= 15 is 4.79 Å². The van der Waals surface area contributed by atoms with Crippen LogP contribution in [-0.4, -0.2) is 334 Å². The fourth-order valence-electron chi connectivity index (χ4n) is 20.2. The van der Waals surface area contributed by atoms with Crippen LogP contribution < -0.4 is 4.74 Å². The van der Waals surface area contributed by atoms with Gasteiger partial charge >= 0.3 is 17.9 Å². The molecule has 0 aromatic heterocycles. The molecular formula is C74H110O35. The van der Waals surface area contributed by atoms with Crippen molar-refractivity contribution < 1.29 is 173 Å². The van der Waals surface area contributed by atoms with Crippen molar-refractivity contribution in [1.29, 1.82) is 0 Å². The van der Waals surface area contributed by atoms with Crippen LogP contribution in [0.3, 0.4) is 0 Å². The zero-order valence-electron chi connectivity index (χ0n) is 62.0. The molecule has 18 N–H and O–H groups in total. The van der Waals surface area contributed by atoms with Crippen molar-refractivity contribution in [2.75, 3.05) is 46.8 Å². The van der Waals surface area contributed by atoms with Gasteiger partial charge in [0.1, 0.15) is 115 Å². The average Bonchev–Trinajstić information content (AvgIpc) is 0.674. The van der Waals surface area contributed by atoms with Crippen molar-refractivity contribution in [3.05, 3.63) is 47.6 Å². The fraction of sp³-hybridized carbons (Fsp3) is 0.824. The van der Waals surface area contributed by atoms with Crippen LogP contribution in [0.2, 0.25) is 0 Å². The predicted molar refractivity (Wildman–Crippen MR) is 364 cm³/mol. The number of ether oxygens (including phenoxy) is 14. The fourth-order valence-corrected chi connectivity index (χ4v) is 20.2. The van der Waals surface area contributed by atoms with Gasteiger partial charge in [0.05, 0.1) is 75.9 Å². The molecule has 5 aliphatic carbocycles. The second-order valence-electron chi connectivity index (χ2n) is 33.4. The Kier molecular flexibility index (Phi) is 24.8. The van der Waals surface area contributed by atoms with Crippen LogP contribution in [0.25, 0.3) is 6.08 Å². The number of carbonyl (C=O) groups excluding carboxylic acids is 2. The minimum atomic E-state index is -2.30. The number of benzene rings is 1. The van der Waals surface area contributed by atoms with E-state index in [0.29, 0.717) is 37.0 Å². The molecule has 2 unspecified atom stereocenters. The Hall–Kier alpha value is -4.21. The summed E-state index contributed by atoms with van der Waals surface area (Å²) in [5.41, 5.74) is -7.53. The van der Waals surface area contributed by atoms with Crippen LogP contribution in [0.4, 0.5) is 0 Å². The molecule has 0 radical (unpaired) electrons. The number of methoxy groups -OCH3 is 1. The molecule has 1 aromatic carbocycles. The predicted octanol–water partition coefficient (Wildman–Crippen LogP) is -3.77. The monoisotopic (exact) mass is 1560 g/mol. The minimum Gasteiger partial charge on any atom is -0.497 e. The summed E-state index contributed by atoms with van der Waals surface area (Å²) in [5.74, 6) is -4.33. The van der Waals surface area contributed by atoms with E-state index < -0.39 is 285 Å². The molecule has 4 saturated carbocycles. The van der Waals surface area contributed by atoms with E-state index in [1.54, 1.807) is 24.3 Å². The zero-order chi connectivity index (χ0) is 79.3. The van der Waals surface area contributed by atoms with Crippen LogP contribution in [0.5, 0.6) is 5.75 Å². The van der Waals surface area contributed by atoms with Gasteiger partial charge in [-0.15, -0.1) is 0 Å². The summed E-state index contributed by atoms with van der Waals surface area (Å²) in [6.45, 7) is 8.13. The third kappa shape index (κ3) is 14.8. The molecule has 6 aliphatic heterocycles. The minimum absolute atomic E-state index is 0.0186. The van der Waals surface area contributed by atoms with Gasteiger partial charge in [-0.1, -0.05) is 51.5 Å². The number of allylic oxidation sites excluding steroid dienone is 1. The van der Waals surface area contributed by atoms with Crippen molar-refractivity contribution in [3.63, 3.8) is 0 Å². The third-order valence-corrected chi connectivity index (χ3v) is 26.7. The highest BCUT2D eigenvalue weighted by Crippen LogP contribution is 2.76. The van der Waals surface area contributed by atoms with E-state index in [2.05, 4.69) is 20.8 Å². The lowest BCUT2D eigenvalue weighted by Gasteiger charge is -2.71. The number of hydrogen-bond donors (Lipinski definition) is 18. The summed E-state index contributed by atoms with van der Waals surface area (Å²) in [6.07, 6.45) is -42.7. The lowest BCUT2D eigenvalue weighted by Crippen LogP contribution is -2.71. The zero-order valence-corrected chi connectivity index (χ0v) is 62.0. The Morgan fingerprint density at radius 2 is 1.16 bits per heavy atom. The van der Waals surface area contributed by atoms with Gasteiger partial charge < -0.3 is 158 Å². The molecule has 0 spiro atoms. The van der Waals surface area contributed by atoms with Gasteiger partial charge in [-0.3, -0.25) is 9.59 Å². The third-order valence-electron chi connectivity index (χ3n) is 26.7. The first-order chi connectivity index (χ1) is 51.4. The summed E-state index contributed by atoms with van der Waals surface area (Å²) in [6, 6.07) is 6.67. The summed E-state index contributed by atoms with van der Waals surface area (Å²) in [4.78, 5) is 44.0. The number of esters is 2. The van der Waals surface area contributed by atoms with E-state index in [0.717, 1.165) is 11.6 Å². The molecule has 616 valence electrons. The smallest absolute Gasteiger partial charge is 0.331 e. The summed E-state index contributed by atoms with van der Waals surface area (Å²) < 4.78 is 84.2. The first-order valence-corrected chi connectivity index (χ1v) is 37.5. The number of aliphatic hydroxyl groups excluding tert-OH is 16. The van der Waals surface area contributed by atoms with Crippen molar-refractivity contribution in [2.24, 2.45) is 50.2 Å². The largest absolute Gasteiger partial charge is 0.497 e. The van der Waals surface area contributed by atoms with Crippen LogP contribution >= 0.6 is 0 Å². The number of hydrogen-bond acceptors (Lipinski definition) is 34. The quantitative estimate of drug-likeness (QED) is 0.0243. The molecule has 6 heterocycles. The number of rotatable bonds is 21. The normalized spacial score (nSPS) is 49.8. The second kappa shape index (κ2) is 32.1. The van der Waals surface area contributed by atoms with Gasteiger partial charge in [0.2, 0.25) is 6.29 Å². The summed E-state index contributed by atoms with van der Waals surface area (Å²) in [7, 11) is 1.49. The van der Waals surface area contributed by atoms with E-state index in [1.807, 2.05) is 13.0 Å². The van der Waals surface area contributed by atoms with Gasteiger partial charge in [0.25, 0.3) is 0 Å². The molecule has 0 amide bonds. The number of carboxylic acids is 1. The van der Waals surface area contributed by atoms with Crippen molar-refractivity contribution in [2.45, 2.75) is 284 Å². The lowest BCUT2D eigenvalue weighted by atomic mass is 9.33. The van der Waals surface area contributed by atoms with E-state index in [1.165, 1.54) is 34.0 Å². The highest BCUT2D eigenvalue weighted by Gasteiger charge is 2.74. The van der Waals surface area contributed by atoms with Crippen LogP contribution in [-0.2, 0) is 76.0 Å². The van der Waals surface area contributed by atoms with Crippen molar-refractivity contribution >= 4 is 24.0 Å². The molecule has 11 aliphatic rings. The van der Waals surface area contributed by atoms with Gasteiger partial charge in [-0.2, -0.15) is 0 Å². The molecule has 10 fully saturated rings. The first kappa shape index (κ1) is 84.2. The van der Waals surface area contributed by atoms with Crippen molar-refractivity contribution in [3.8, 4) is 5.75 Å². The number of carboxylic acid groups (broad SMARTS) is 1. The van der Waals surface area contributed by atoms with Gasteiger partial charge in [-0.05, 0) is 136 Å². The Bertz CT molecular complexity index is 3400. The van der Waals surface area contributed by atoms with E-state index in [4.69, 9.17) is 66.3 Å². The van der Waals surface area contributed by atoms with Crippen LogP contribution in [0, 0.1) is 50.2 Å². The van der Waals surface area contributed by atoms with E-state index in [9.17, 15) is 102 Å². The van der Waals surface area contributed by atoms with Gasteiger partial charge in [-0.25, -0.2) is 4.79 Å². The molecule has 6 saturated heterocycles. The molecule has 109 heavy (non-hydrogen) atoms. The first-order valence-electron chi connectivity index (χ1n) is 37.5. The Morgan fingerprint density at radius 1 is 0.569 bits per heavy atom. The molecule has 35 heteroatoms.